The van der Waals surface area contributed by atoms with E-state index in [9.17, 15) is 18.0 Å². The Morgan fingerprint density at radius 3 is 2.23 bits per heavy atom. The first-order valence-electron chi connectivity index (χ1n) is 15.1. The van der Waals surface area contributed by atoms with Crippen molar-refractivity contribution < 1.29 is 27.5 Å². The molecule has 9 nitrogen and oxygen atoms in total. The third-order valence-corrected chi connectivity index (χ3v) is 11.2. The number of aromatic nitrogens is 1. The predicted molar refractivity (Wildman–Crippen MR) is 169 cm³/mol. The van der Waals surface area contributed by atoms with E-state index in [2.05, 4.69) is 10.0 Å². The van der Waals surface area contributed by atoms with Crippen molar-refractivity contribution in [3.8, 4) is 10.4 Å². The lowest BCUT2D eigenvalue weighted by Gasteiger charge is -2.33. The number of thiazole rings is 1. The molecule has 1 aromatic heterocycles. The van der Waals surface area contributed by atoms with Crippen molar-refractivity contribution in [2.24, 2.45) is 11.8 Å². The highest BCUT2D eigenvalue weighted by molar-refractivity contribution is 7.89. The van der Waals surface area contributed by atoms with Crippen LogP contribution in [0.4, 0.5) is 0 Å². The van der Waals surface area contributed by atoms with Crippen LogP contribution in [0.2, 0.25) is 0 Å². The first kappa shape index (κ1) is 33.6. The molecule has 0 saturated heterocycles. The van der Waals surface area contributed by atoms with Crippen molar-refractivity contribution in [2.45, 2.75) is 114 Å². The number of amides is 1. The number of nitrogens with one attached hydrogen (secondary N) is 2. The molecule has 2 N–H and O–H groups in total. The highest BCUT2D eigenvalue weighted by Gasteiger charge is 2.38. The number of rotatable bonds is 9. The van der Waals surface area contributed by atoms with Gasteiger partial charge in [0, 0.05) is 18.7 Å². The smallest absolute Gasteiger partial charge is 0.308 e. The van der Waals surface area contributed by atoms with E-state index in [0.29, 0.717) is 29.1 Å². The van der Waals surface area contributed by atoms with Gasteiger partial charge in [0.05, 0.1) is 28.5 Å². The molecule has 1 unspecified atom stereocenters. The van der Waals surface area contributed by atoms with Crippen molar-refractivity contribution in [3.05, 3.63) is 34.5 Å². The number of carbonyl (C=O) groups excluding carboxylic acids is 2. The number of hydrogen-bond acceptors (Lipinski definition) is 8. The van der Waals surface area contributed by atoms with Gasteiger partial charge < -0.3 is 14.8 Å². The van der Waals surface area contributed by atoms with E-state index in [-0.39, 0.29) is 40.8 Å². The molecular formula is C32H47N3O6S2. The molecule has 238 valence electrons. The van der Waals surface area contributed by atoms with Crippen LogP contribution in [0.25, 0.3) is 10.4 Å². The monoisotopic (exact) mass is 633 g/mol. The van der Waals surface area contributed by atoms with Gasteiger partial charge in [-0.25, -0.2) is 18.1 Å². The van der Waals surface area contributed by atoms with Crippen LogP contribution in [-0.2, 0) is 29.7 Å². The zero-order valence-electron chi connectivity index (χ0n) is 26.7. The van der Waals surface area contributed by atoms with Crippen LogP contribution >= 0.6 is 11.3 Å². The van der Waals surface area contributed by atoms with Crippen LogP contribution in [0.3, 0.4) is 0 Å². The van der Waals surface area contributed by atoms with E-state index in [1.165, 1.54) is 24.9 Å². The van der Waals surface area contributed by atoms with E-state index in [1.807, 2.05) is 53.7 Å². The Morgan fingerprint density at radius 1 is 1.02 bits per heavy atom. The lowest BCUT2D eigenvalue weighted by molar-refractivity contribution is -0.149. The number of hydrogen-bond donors (Lipinski definition) is 2. The molecule has 1 atom stereocenters. The van der Waals surface area contributed by atoms with Crippen LogP contribution in [0.5, 0.6) is 0 Å². The first-order valence-corrected chi connectivity index (χ1v) is 17.4. The number of sulfonamides is 1. The van der Waals surface area contributed by atoms with Crippen LogP contribution in [0.1, 0.15) is 114 Å². The highest BCUT2D eigenvalue weighted by atomic mass is 32.2. The van der Waals surface area contributed by atoms with Crippen LogP contribution in [-0.4, -0.2) is 51.1 Å². The minimum absolute atomic E-state index is 0.115. The fraction of sp³-hybridized carbons (Fsp3) is 0.656. The maximum absolute atomic E-state index is 13.5. The number of benzene rings is 1. The zero-order valence-corrected chi connectivity index (χ0v) is 28.3. The van der Waals surface area contributed by atoms with Gasteiger partial charge in [-0.3, -0.25) is 9.59 Å². The summed E-state index contributed by atoms with van der Waals surface area (Å²) in [5.41, 5.74) is 1.09. The van der Waals surface area contributed by atoms with Crippen molar-refractivity contribution in [3.63, 3.8) is 0 Å². The molecule has 1 aromatic carbocycles. The van der Waals surface area contributed by atoms with Crippen molar-refractivity contribution in [1.29, 1.82) is 0 Å². The van der Waals surface area contributed by atoms with Crippen molar-refractivity contribution in [1.82, 2.24) is 15.0 Å². The zero-order chi connectivity index (χ0) is 31.7. The van der Waals surface area contributed by atoms with E-state index in [4.69, 9.17) is 14.5 Å². The molecule has 2 aliphatic carbocycles. The number of ether oxygens (including phenoxy) is 2. The lowest BCUT2D eigenvalue weighted by Crippen LogP contribution is -2.47. The summed E-state index contributed by atoms with van der Waals surface area (Å²) in [4.78, 5) is 31.2. The molecule has 2 aromatic rings. The Hall–Kier alpha value is -2.34. The minimum Gasteiger partial charge on any atom is -0.469 e. The van der Waals surface area contributed by atoms with Gasteiger partial charge in [0.1, 0.15) is 6.10 Å². The van der Waals surface area contributed by atoms with Crippen LogP contribution in [0, 0.1) is 11.8 Å². The Bertz CT molecular complexity index is 1430. The van der Waals surface area contributed by atoms with Gasteiger partial charge >= 0.3 is 5.97 Å². The van der Waals surface area contributed by atoms with Crippen molar-refractivity contribution in [2.75, 3.05) is 14.2 Å². The van der Waals surface area contributed by atoms with E-state index < -0.39 is 21.0 Å². The second kappa shape index (κ2) is 12.9. The molecule has 0 bridgehead atoms. The standard InChI is InChI=1S/C32H47N3O6S2/c1-31(2,3)23-18-20(14-15-24(23)43(38,39)35-32(4,5)6)27-25(26(40-7)19-12-10-9-11-13-19)34-29(42-27)28(36)33-22-16-21(17-22)30(37)41-8/h14-15,18-19,21-22,26,35H,9-13,16-17H2,1-8H3,(H,33,36)/t21-,22-,26?. The predicted octanol–water partition coefficient (Wildman–Crippen LogP) is 6.13. The molecule has 2 aliphatic rings. The maximum Gasteiger partial charge on any atom is 0.308 e. The first-order chi connectivity index (χ1) is 20.0. The molecule has 2 saturated carbocycles. The molecular weight excluding hydrogens is 587 g/mol. The second-order valence-corrected chi connectivity index (χ2v) is 16.6. The second-order valence-electron chi connectivity index (χ2n) is 14.0. The Balaban J connectivity index is 1.76. The highest BCUT2D eigenvalue weighted by Crippen LogP contribution is 2.44. The van der Waals surface area contributed by atoms with Crippen LogP contribution in [0.15, 0.2) is 23.1 Å². The molecule has 1 amide bonds. The van der Waals surface area contributed by atoms with Gasteiger partial charge in [0.15, 0.2) is 5.01 Å². The van der Waals surface area contributed by atoms with Gasteiger partial charge in [-0.2, -0.15) is 0 Å². The maximum atomic E-state index is 13.5. The largest absolute Gasteiger partial charge is 0.469 e. The summed E-state index contributed by atoms with van der Waals surface area (Å²) in [6, 6.07) is 5.29. The van der Waals surface area contributed by atoms with E-state index >= 15 is 0 Å². The van der Waals surface area contributed by atoms with Gasteiger partial charge in [-0.15, -0.1) is 11.3 Å². The quantitative estimate of drug-likeness (QED) is 0.318. The Morgan fingerprint density at radius 2 is 1.67 bits per heavy atom. The fourth-order valence-electron chi connectivity index (χ4n) is 6.08. The summed E-state index contributed by atoms with van der Waals surface area (Å²) in [6.07, 6.45) is 6.30. The Labute approximate surface area is 260 Å². The molecule has 2 fully saturated rings. The molecule has 1 heterocycles. The normalized spacial score (nSPS) is 20.7. The molecule has 43 heavy (non-hydrogen) atoms. The topological polar surface area (TPSA) is 124 Å². The third kappa shape index (κ3) is 7.85. The molecule has 0 spiro atoms. The number of methoxy groups -OCH3 is 2. The summed E-state index contributed by atoms with van der Waals surface area (Å²) in [7, 11) is -0.727. The minimum atomic E-state index is -3.79. The summed E-state index contributed by atoms with van der Waals surface area (Å²) < 4.78 is 40.7. The summed E-state index contributed by atoms with van der Waals surface area (Å²) >= 11 is 1.30. The number of carbonyl (C=O) groups is 2. The van der Waals surface area contributed by atoms with Crippen molar-refractivity contribution >= 4 is 33.2 Å². The third-order valence-electron chi connectivity index (χ3n) is 8.24. The molecule has 0 aliphatic heterocycles. The van der Waals surface area contributed by atoms with Gasteiger partial charge in [0.25, 0.3) is 5.91 Å². The van der Waals surface area contributed by atoms with Gasteiger partial charge in [0.2, 0.25) is 10.0 Å². The summed E-state index contributed by atoms with van der Waals surface area (Å²) in [5.74, 6) is -0.451. The van der Waals surface area contributed by atoms with E-state index in [1.54, 1.807) is 13.2 Å². The number of esters is 1. The average Bonchev–Trinajstić information content (AvgIpc) is 3.34. The van der Waals surface area contributed by atoms with Crippen LogP contribution < -0.4 is 10.0 Å². The number of nitrogens with zero attached hydrogens (tertiary/aromatic N) is 1. The van der Waals surface area contributed by atoms with Gasteiger partial charge in [-0.1, -0.05) is 46.1 Å². The summed E-state index contributed by atoms with van der Waals surface area (Å²) in [5, 5.41) is 3.36. The molecule has 11 heteroatoms. The molecule has 0 radical (unpaired) electrons. The fourth-order valence-corrected chi connectivity index (χ4v) is 8.90. The summed E-state index contributed by atoms with van der Waals surface area (Å²) in [6.45, 7) is 11.4. The molecule has 4 rings (SSSR count). The van der Waals surface area contributed by atoms with Gasteiger partial charge in [-0.05, 0) is 81.0 Å². The van der Waals surface area contributed by atoms with E-state index in [0.717, 1.165) is 36.1 Å². The Kier molecular flexibility index (Phi) is 10.1. The SMILES string of the molecule is COC(=O)[C@H]1C[C@H](NC(=O)c2nc(C(OC)C3CCCCC3)c(-c3ccc(S(=O)(=O)NC(C)(C)C)c(C(C)(C)C)c3)s2)C1. The average molecular weight is 634 g/mol. The lowest BCUT2D eigenvalue weighted by atomic mass is 9.80.